The van der Waals surface area contributed by atoms with Crippen LogP contribution in [0.5, 0.6) is 0 Å². The van der Waals surface area contributed by atoms with E-state index in [0.29, 0.717) is 0 Å². The van der Waals surface area contributed by atoms with E-state index in [9.17, 15) is 4.79 Å². The molecule has 4 aliphatic rings. The summed E-state index contributed by atoms with van der Waals surface area (Å²) in [5.41, 5.74) is 2.21. The second-order valence-electron chi connectivity index (χ2n) is 8.41. The predicted molar refractivity (Wildman–Crippen MR) is 95.8 cm³/mol. The number of nitrogens with one attached hydrogen (secondary N) is 1. The van der Waals surface area contributed by atoms with Gasteiger partial charge < -0.3 is 10.1 Å². The third-order valence-corrected chi connectivity index (χ3v) is 6.84. The summed E-state index contributed by atoms with van der Waals surface area (Å²) in [5.74, 6) is 2.57. The number of carbonyl (C=O) groups excluding carboxylic acids is 1. The second-order valence-corrected chi connectivity index (χ2v) is 8.41. The first-order chi connectivity index (χ1) is 11.8. The first kappa shape index (κ1) is 14.4. The molecule has 0 saturated heterocycles. The van der Waals surface area contributed by atoms with Crippen LogP contribution in [0.4, 0.5) is 5.69 Å². The van der Waals surface area contributed by atoms with Crippen molar-refractivity contribution in [1.82, 2.24) is 4.98 Å². The Morgan fingerprint density at radius 1 is 1.04 bits per heavy atom. The molecule has 6 rings (SSSR count). The zero-order valence-electron chi connectivity index (χ0n) is 13.9. The lowest BCUT2D eigenvalue weighted by molar-refractivity contribution is -0.117. The van der Waals surface area contributed by atoms with Crippen molar-refractivity contribution in [2.75, 3.05) is 5.32 Å². The Morgan fingerprint density at radius 3 is 2.42 bits per heavy atom. The fraction of sp³-hybridized carbons (Fsp3) is 0.524. The van der Waals surface area contributed by atoms with Crippen LogP contribution in [0.3, 0.4) is 0 Å². The smallest absolute Gasteiger partial charge is 0.142 e. The van der Waals surface area contributed by atoms with Gasteiger partial charge in [0.2, 0.25) is 0 Å². The van der Waals surface area contributed by atoms with E-state index in [1.165, 1.54) is 44.8 Å². The summed E-state index contributed by atoms with van der Waals surface area (Å²) in [6.45, 7) is 0. The molecule has 0 radical (unpaired) electrons. The predicted octanol–water partition coefficient (Wildman–Crippen LogP) is 4.43. The molecule has 3 heteroatoms. The quantitative estimate of drug-likeness (QED) is 0.847. The number of hydrogen-bond acceptors (Lipinski definition) is 3. The molecule has 1 unspecified atom stereocenters. The summed E-state index contributed by atoms with van der Waals surface area (Å²) in [5, 5.41) is 4.73. The molecule has 4 aliphatic carbocycles. The maximum Gasteiger partial charge on any atom is 0.142 e. The lowest BCUT2D eigenvalue weighted by Gasteiger charge is -2.58. The van der Waals surface area contributed by atoms with Gasteiger partial charge in [-0.15, -0.1) is 0 Å². The Balaban J connectivity index is 1.49. The minimum Gasteiger partial charge on any atom is -0.374 e. The van der Waals surface area contributed by atoms with Gasteiger partial charge in [0.15, 0.2) is 0 Å². The van der Waals surface area contributed by atoms with Crippen molar-refractivity contribution in [2.45, 2.75) is 44.6 Å². The van der Waals surface area contributed by atoms with Gasteiger partial charge >= 0.3 is 0 Å². The fourth-order valence-corrected chi connectivity index (χ4v) is 6.29. The van der Waals surface area contributed by atoms with Crippen LogP contribution in [-0.4, -0.2) is 17.3 Å². The average molecular weight is 320 g/mol. The molecule has 3 nitrogen and oxygen atoms in total. The average Bonchev–Trinajstić information content (AvgIpc) is 2.58. The van der Waals surface area contributed by atoms with Gasteiger partial charge in [-0.25, -0.2) is 0 Å². The van der Waals surface area contributed by atoms with Crippen molar-refractivity contribution in [3.8, 4) is 0 Å². The maximum atomic E-state index is 12.1. The summed E-state index contributed by atoms with van der Waals surface area (Å²) < 4.78 is 0. The Labute approximate surface area is 142 Å². The molecule has 124 valence electrons. The molecule has 2 aromatic rings. The molecule has 24 heavy (non-hydrogen) atoms. The van der Waals surface area contributed by atoms with E-state index in [2.05, 4.69) is 22.4 Å². The molecule has 0 spiro atoms. The number of carbonyl (C=O) groups is 1. The zero-order valence-corrected chi connectivity index (χ0v) is 13.9. The van der Waals surface area contributed by atoms with Gasteiger partial charge in [0, 0.05) is 17.3 Å². The summed E-state index contributed by atoms with van der Waals surface area (Å²) in [6.07, 6.45) is 10.9. The topological polar surface area (TPSA) is 42.0 Å². The van der Waals surface area contributed by atoms with Crippen LogP contribution in [0, 0.1) is 23.2 Å². The van der Waals surface area contributed by atoms with Gasteiger partial charge in [-0.1, -0.05) is 6.07 Å². The van der Waals surface area contributed by atoms with E-state index >= 15 is 0 Å². The summed E-state index contributed by atoms with van der Waals surface area (Å²) >= 11 is 0. The van der Waals surface area contributed by atoms with Crippen molar-refractivity contribution < 1.29 is 4.79 Å². The van der Waals surface area contributed by atoms with Crippen molar-refractivity contribution in [1.29, 1.82) is 0 Å². The molecule has 4 bridgehead atoms. The molecule has 4 saturated carbocycles. The monoisotopic (exact) mass is 320 g/mol. The van der Waals surface area contributed by atoms with Gasteiger partial charge in [0.25, 0.3) is 0 Å². The lowest BCUT2D eigenvalue weighted by Crippen LogP contribution is -2.54. The van der Waals surface area contributed by atoms with Gasteiger partial charge in [-0.05, 0) is 86.0 Å². The van der Waals surface area contributed by atoms with E-state index < -0.39 is 0 Å². The summed E-state index contributed by atoms with van der Waals surface area (Å²) in [6, 6.07) is 10.1. The van der Waals surface area contributed by atoms with Crippen LogP contribution >= 0.6 is 0 Å². The van der Waals surface area contributed by atoms with E-state index in [1.54, 1.807) is 0 Å². The SMILES string of the molecule is O=CC(Nc1cccc2ncccc12)C12CC3CC(CC(C3)C1)C2. The number of rotatable bonds is 4. The van der Waals surface area contributed by atoms with E-state index in [4.69, 9.17) is 0 Å². The Bertz CT molecular complexity index is 744. The molecule has 0 aliphatic heterocycles. The maximum absolute atomic E-state index is 12.1. The third-order valence-electron chi connectivity index (χ3n) is 6.84. The Hall–Kier alpha value is -1.90. The highest BCUT2D eigenvalue weighted by Crippen LogP contribution is 2.61. The number of anilines is 1. The molecular formula is C21H24N2O. The number of hydrogen-bond donors (Lipinski definition) is 1. The largest absolute Gasteiger partial charge is 0.374 e. The van der Waals surface area contributed by atoms with E-state index in [0.717, 1.165) is 34.3 Å². The van der Waals surface area contributed by atoms with Crippen molar-refractivity contribution in [3.63, 3.8) is 0 Å². The van der Waals surface area contributed by atoms with E-state index in [1.807, 2.05) is 24.4 Å². The molecule has 1 N–H and O–H groups in total. The van der Waals surface area contributed by atoms with Crippen molar-refractivity contribution >= 4 is 22.9 Å². The fourth-order valence-electron chi connectivity index (χ4n) is 6.29. The summed E-state index contributed by atoms with van der Waals surface area (Å²) in [4.78, 5) is 16.5. The van der Waals surface area contributed by atoms with Crippen LogP contribution in [0.25, 0.3) is 10.9 Å². The normalized spacial score (nSPS) is 35.1. The highest BCUT2D eigenvalue weighted by atomic mass is 16.1. The number of pyridine rings is 1. The van der Waals surface area contributed by atoms with Crippen LogP contribution in [0.15, 0.2) is 36.5 Å². The Kier molecular flexibility index (Phi) is 3.19. The number of benzene rings is 1. The van der Waals surface area contributed by atoms with Crippen molar-refractivity contribution in [2.24, 2.45) is 23.2 Å². The summed E-state index contributed by atoms with van der Waals surface area (Å²) in [7, 11) is 0. The molecule has 1 heterocycles. The van der Waals surface area contributed by atoms with Gasteiger partial charge in [-0.2, -0.15) is 0 Å². The van der Waals surface area contributed by atoms with Crippen LogP contribution in [-0.2, 0) is 4.79 Å². The lowest BCUT2D eigenvalue weighted by atomic mass is 9.48. The highest BCUT2D eigenvalue weighted by molar-refractivity contribution is 5.92. The van der Waals surface area contributed by atoms with Crippen LogP contribution in [0.2, 0.25) is 0 Å². The van der Waals surface area contributed by atoms with Gasteiger partial charge in [-0.3, -0.25) is 4.98 Å². The first-order valence-corrected chi connectivity index (χ1v) is 9.31. The molecule has 4 fully saturated rings. The number of aldehydes is 1. The van der Waals surface area contributed by atoms with E-state index in [-0.39, 0.29) is 11.5 Å². The van der Waals surface area contributed by atoms with Gasteiger partial charge in [0.05, 0.1) is 11.6 Å². The number of aromatic nitrogens is 1. The molecule has 1 aromatic heterocycles. The molecule has 1 aromatic carbocycles. The third kappa shape index (κ3) is 2.17. The van der Waals surface area contributed by atoms with Crippen molar-refractivity contribution in [3.05, 3.63) is 36.5 Å². The number of fused-ring (bicyclic) bond motifs is 1. The number of nitrogens with zero attached hydrogens (tertiary/aromatic N) is 1. The second kappa shape index (κ2) is 5.30. The van der Waals surface area contributed by atoms with Crippen LogP contribution in [0.1, 0.15) is 38.5 Å². The minimum absolute atomic E-state index is 0.0725. The Morgan fingerprint density at radius 2 is 1.75 bits per heavy atom. The minimum atomic E-state index is -0.0725. The van der Waals surface area contributed by atoms with Crippen LogP contribution < -0.4 is 5.32 Å². The first-order valence-electron chi connectivity index (χ1n) is 9.31. The van der Waals surface area contributed by atoms with Gasteiger partial charge in [0.1, 0.15) is 6.29 Å². The molecular weight excluding hydrogens is 296 g/mol. The highest BCUT2D eigenvalue weighted by Gasteiger charge is 2.54. The standard InChI is InChI=1S/C21H24N2O/c24-13-20(21-10-14-7-15(11-21)9-16(8-14)12-21)23-19-5-1-4-18-17(19)3-2-6-22-18/h1-6,13-16,20,23H,7-12H2. The molecule has 1 atom stereocenters. The molecule has 0 amide bonds. The zero-order chi connectivity index (χ0) is 16.1.